The van der Waals surface area contributed by atoms with E-state index < -0.39 is 30.2 Å². The molecule has 0 spiro atoms. The van der Waals surface area contributed by atoms with Crippen molar-refractivity contribution in [3.63, 3.8) is 0 Å². The van der Waals surface area contributed by atoms with Gasteiger partial charge in [-0.05, 0) is 11.8 Å². The summed E-state index contributed by atoms with van der Waals surface area (Å²) in [5, 5.41) is 33.7. The average molecular weight is 1250 g/mol. The Morgan fingerprint density at radius 2 is 0.325 bits per heavy atom. The molecule has 0 fully saturated rings. The second-order valence-electron chi connectivity index (χ2n) is 13.4. The van der Waals surface area contributed by atoms with Crippen LogP contribution in [0.15, 0.2) is 0 Å². The molecule has 77 heavy (non-hydrogen) atoms. The molecule has 34 nitrogen and oxygen atoms in total. The molecular weight excluding hydrogens is 1160 g/mol. The van der Waals surface area contributed by atoms with Crippen molar-refractivity contribution in [2.24, 2.45) is 0 Å². The molecule has 0 amide bonds. The van der Waals surface area contributed by atoms with Crippen molar-refractivity contribution in [3.8, 4) is 0 Å². The Kier molecular flexibility index (Phi) is 70.8. The summed E-state index contributed by atoms with van der Waals surface area (Å²) in [6, 6.07) is 0. The molecule has 12 N–H and O–H groups in total. The van der Waals surface area contributed by atoms with E-state index in [0.29, 0.717) is 165 Å². The van der Waals surface area contributed by atoms with Gasteiger partial charge in [-0.1, -0.05) is 0 Å². The molecule has 0 atom stereocenters. The van der Waals surface area contributed by atoms with Crippen LogP contribution < -0.4 is 0 Å². The molecule has 0 rings (SSSR count). The van der Waals surface area contributed by atoms with Gasteiger partial charge < -0.3 is 135 Å². The van der Waals surface area contributed by atoms with Gasteiger partial charge in [-0.3, -0.25) is 13.6 Å². The molecule has 0 heterocycles. The highest BCUT2D eigenvalue weighted by Gasteiger charge is 2.14. The van der Waals surface area contributed by atoms with E-state index in [4.69, 9.17) is 131 Å². The highest BCUT2D eigenvalue weighted by Crippen LogP contribution is 2.37. The van der Waals surface area contributed by atoms with Crippen LogP contribution in [0.5, 0.6) is 0 Å². The fraction of sp³-hybridized carbons (Fsp3) is 1.00. The van der Waals surface area contributed by atoms with Crippen LogP contribution in [0.2, 0.25) is 0 Å². The van der Waals surface area contributed by atoms with E-state index in [1.54, 1.807) is 0 Å². The first-order valence-electron chi connectivity index (χ1n) is 23.6. The molecule has 0 saturated carbocycles. The number of aliphatic hydroxyl groups is 4. The lowest BCUT2D eigenvalue weighted by Gasteiger charge is -2.09. The van der Waals surface area contributed by atoms with Crippen LogP contribution in [0.4, 0.5) is 0 Å². The lowest BCUT2D eigenvalue weighted by Crippen LogP contribution is -2.14. The van der Waals surface area contributed by atoms with E-state index in [1.807, 2.05) is 0 Å². The minimum Gasteiger partial charge on any atom is -0.394 e. The first-order chi connectivity index (χ1) is 36.7. The number of ether oxygens (including phenoxy) is 15. The van der Waals surface area contributed by atoms with Crippen molar-refractivity contribution >= 4 is 42.0 Å². The zero-order valence-electron chi connectivity index (χ0n) is 43.4. The summed E-state index contributed by atoms with van der Waals surface area (Å²) in [4.78, 5) is 67.6. The molecule has 0 aliphatic carbocycles. The summed E-state index contributed by atoms with van der Waals surface area (Å²) >= 11 is 4.28. The highest BCUT2D eigenvalue weighted by molar-refractivity contribution is 8.06. The van der Waals surface area contributed by atoms with Crippen molar-refractivity contribution in [1.82, 2.24) is 0 Å². The van der Waals surface area contributed by atoms with Crippen LogP contribution in [0.25, 0.3) is 0 Å². The van der Waals surface area contributed by atoms with Gasteiger partial charge in [0.2, 0.25) is 0 Å². The van der Waals surface area contributed by atoms with Gasteiger partial charge in [0.05, 0.1) is 251 Å². The zero-order chi connectivity index (χ0) is 58.3. The molecule has 0 aromatic carbocycles. The van der Waals surface area contributed by atoms with Gasteiger partial charge >= 0.3 is 30.2 Å². The minimum absolute atomic E-state index is 0.00925. The minimum atomic E-state index is -4.41. The van der Waals surface area contributed by atoms with Crippen LogP contribution in [0, 0.1) is 0 Å². The van der Waals surface area contributed by atoms with E-state index in [9.17, 15) is 13.7 Å². The van der Waals surface area contributed by atoms with E-state index in [2.05, 4.69) is 29.9 Å². The summed E-state index contributed by atoms with van der Waals surface area (Å²) in [6.07, 6.45) is 0. The van der Waals surface area contributed by atoms with Crippen LogP contribution in [-0.2, 0) is 115 Å². The Labute approximate surface area is 454 Å². The van der Waals surface area contributed by atoms with E-state index in [1.165, 1.54) is 0 Å². The zero-order valence-corrected chi connectivity index (χ0v) is 47.8. The van der Waals surface area contributed by atoms with Gasteiger partial charge in [-0.25, -0.2) is 13.7 Å². The fourth-order valence-corrected chi connectivity index (χ4v) is 5.42. The second-order valence-corrected chi connectivity index (χ2v) is 19.8. The number of aliphatic hydroxyl groups excluding tert-OH is 4. The van der Waals surface area contributed by atoms with Crippen molar-refractivity contribution in [2.75, 3.05) is 251 Å². The third-order valence-electron chi connectivity index (χ3n) is 6.98. The smallest absolute Gasteiger partial charge is 0.394 e. The topological polar surface area (TPSA) is 469 Å². The number of rotatable bonds is 57. The van der Waals surface area contributed by atoms with Gasteiger partial charge in [0, 0.05) is 0 Å². The van der Waals surface area contributed by atoms with E-state index >= 15 is 0 Å². The van der Waals surface area contributed by atoms with Gasteiger partial charge in [0.1, 0.15) is 0 Å². The standard InChI is InChI=1S/C12H27O10P.C12H27O9PS.C8H19O8P.C6H15O7P/c13-1-2-17-3-4-18-5-6-19-7-8-20-9-10-21-11-12-22-23(14,15)16;13-1-2-16-3-4-17-5-6-18-7-8-19-9-10-20-11-12-21-22(14,15)23;9-1-2-13-3-4-14-5-6-15-7-8-16-17(10,11)12;7-1-2-11-3-4-12-5-6-13-14(8,9)10/h13H,1-12H2,(H2,14,15,16);13H,1-12H2,(H2,14,15,23);9H,1-8H2,(H2,10,11,12);7H,1-6H2,(H2,8,9,10). The largest absolute Gasteiger partial charge is 0.469 e. The maximum absolute atomic E-state index is 10.3. The molecule has 0 aromatic rings. The first-order valence-corrected chi connectivity index (χ1v) is 30.9. The third kappa shape index (κ3) is 98.6. The fourth-order valence-electron chi connectivity index (χ4n) is 3.95. The number of hydrogen-bond donors (Lipinski definition) is 12. The molecule has 0 aliphatic rings. The Morgan fingerprint density at radius 3 is 0.442 bits per heavy atom. The maximum Gasteiger partial charge on any atom is 0.469 e. The summed E-state index contributed by atoms with van der Waals surface area (Å²) in [7, 11) is -13.2. The number of phosphoric acid groups is 3. The quantitative estimate of drug-likeness (QED) is 0.0210. The predicted octanol–water partition coefficient (Wildman–Crippen LogP) is -3.28. The predicted molar refractivity (Wildman–Crippen MR) is 269 cm³/mol. The van der Waals surface area contributed by atoms with Crippen molar-refractivity contribution < 1.29 is 162 Å². The van der Waals surface area contributed by atoms with E-state index in [0.717, 1.165) is 0 Å². The lowest BCUT2D eigenvalue weighted by atomic mass is 10.7. The Balaban J connectivity index is -0.000000470. The van der Waals surface area contributed by atoms with Crippen LogP contribution >= 0.6 is 30.2 Å². The van der Waals surface area contributed by atoms with Crippen molar-refractivity contribution in [1.29, 1.82) is 0 Å². The van der Waals surface area contributed by atoms with Crippen LogP contribution in [0.3, 0.4) is 0 Å². The SMILES string of the molecule is O=P(O)(O)OCCOCCOCCO.O=P(O)(O)OCCOCCOCCOCCO.O=P(O)(O)OCCOCCOCCOCCOCCOCCO.OCCOCCOCCOCCOCCOCCOP(O)(O)=S. The van der Waals surface area contributed by atoms with E-state index in [-0.39, 0.29) is 85.9 Å². The number of phosphoric ester groups is 3. The van der Waals surface area contributed by atoms with Gasteiger partial charge in [-0.2, -0.15) is 0 Å². The van der Waals surface area contributed by atoms with Gasteiger partial charge in [-0.15, -0.1) is 0 Å². The Hall–Kier alpha value is 0.1000. The van der Waals surface area contributed by atoms with Gasteiger partial charge in [0.15, 0.2) is 0 Å². The summed E-state index contributed by atoms with van der Waals surface area (Å²) in [5.74, 6) is 0. The highest BCUT2D eigenvalue weighted by atomic mass is 32.5. The molecule has 470 valence electrons. The van der Waals surface area contributed by atoms with Crippen molar-refractivity contribution in [3.05, 3.63) is 0 Å². The van der Waals surface area contributed by atoms with Crippen LogP contribution in [0.1, 0.15) is 0 Å². The van der Waals surface area contributed by atoms with Gasteiger partial charge in [0.25, 0.3) is 0 Å². The molecular formula is C38H88O34P4S. The third-order valence-corrected chi connectivity index (χ3v) is 9.38. The molecule has 0 bridgehead atoms. The normalized spacial score (nSPS) is 11.9. The molecule has 0 radical (unpaired) electrons. The average Bonchev–Trinajstić information content (AvgIpc) is 3.35. The summed E-state index contributed by atoms with van der Waals surface area (Å²) in [5.41, 5.74) is 0. The molecule has 0 saturated heterocycles. The Bertz CT molecular complexity index is 1280. The maximum atomic E-state index is 10.3. The summed E-state index contributed by atoms with van der Waals surface area (Å²) < 4.78 is 124. The lowest BCUT2D eigenvalue weighted by molar-refractivity contribution is -0.0151. The first kappa shape index (κ1) is 83.6. The molecule has 0 aromatic heterocycles. The summed E-state index contributed by atoms with van der Waals surface area (Å²) in [6.45, 7) is 6.67. The Morgan fingerprint density at radius 1 is 0.208 bits per heavy atom. The van der Waals surface area contributed by atoms with Crippen LogP contribution in [-0.4, -0.2) is 311 Å². The molecule has 39 heteroatoms. The molecule has 0 unspecified atom stereocenters. The second kappa shape index (κ2) is 65.3. The monoisotopic (exact) mass is 1240 g/mol. The number of hydrogen-bond acceptors (Lipinski definition) is 27. The molecule has 0 aliphatic heterocycles. The van der Waals surface area contributed by atoms with Crippen molar-refractivity contribution in [2.45, 2.75) is 0 Å².